The van der Waals surface area contributed by atoms with Crippen molar-refractivity contribution in [1.29, 1.82) is 0 Å². The van der Waals surface area contributed by atoms with Gasteiger partial charge in [-0.15, -0.1) is 0 Å². The molecule has 0 saturated carbocycles. The van der Waals surface area contributed by atoms with Crippen LogP contribution >= 0.6 is 0 Å². The van der Waals surface area contributed by atoms with Gasteiger partial charge in [0.15, 0.2) is 0 Å². The van der Waals surface area contributed by atoms with E-state index in [9.17, 15) is 8.42 Å². The van der Waals surface area contributed by atoms with Crippen LogP contribution < -0.4 is 10.5 Å². The molecule has 2 rings (SSSR count). The minimum Gasteiger partial charge on any atom is -0.399 e. The first-order valence-electron chi connectivity index (χ1n) is 6.12. The molecule has 1 heterocycles. The number of nitrogens with one attached hydrogen (secondary N) is 1. The molecule has 0 aliphatic carbocycles. The van der Waals surface area contributed by atoms with Gasteiger partial charge in [0, 0.05) is 11.4 Å². The lowest BCUT2D eigenvalue weighted by molar-refractivity contribution is 0.600. The van der Waals surface area contributed by atoms with Crippen molar-refractivity contribution in [2.45, 2.75) is 25.7 Å². The summed E-state index contributed by atoms with van der Waals surface area (Å²) in [7, 11) is -3.67. The maximum Gasteiger partial charge on any atom is 0.262 e. The molecule has 0 amide bonds. The first-order valence-corrected chi connectivity index (χ1v) is 7.60. The third-order valence-electron chi connectivity index (χ3n) is 3.10. The molecule has 0 bridgehead atoms. The third kappa shape index (κ3) is 2.91. The Morgan fingerprint density at radius 3 is 2.45 bits per heavy atom. The molecule has 5 nitrogen and oxygen atoms in total. The van der Waals surface area contributed by atoms with E-state index >= 15 is 0 Å². The second kappa shape index (κ2) is 5.13. The maximum absolute atomic E-state index is 12.4. The Labute approximate surface area is 118 Å². The fourth-order valence-corrected chi connectivity index (χ4v) is 3.27. The summed E-state index contributed by atoms with van der Waals surface area (Å²) in [6.07, 6.45) is 1.49. The Morgan fingerprint density at radius 2 is 1.85 bits per heavy atom. The predicted octanol–water partition coefficient (Wildman–Crippen LogP) is 2.39. The SMILES string of the molecule is Cc1ccc(NS(=O)(=O)c2cc(N)cc(C)c2C)cn1. The Bertz CT molecular complexity index is 738. The Kier molecular flexibility index (Phi) is 3.67. The van der Waals surface area contributed by atoms with E-state index < -0.39 is 10.0 Å². The number of aromatic nitrogens is 1. The monoisotopic (exact) mass is 291 g/mol. The number of sulfonamides is 1. The largest absolute Gasteiger partial charge is 0.399 e. The average Bonchev–Trinajstić information content (AvgIpc) is 2.36. The summed E-state index contributed by atoms with van der Waals surface area (Å²) < 4.78 is 27.3. The Morgan fingerprint density at radius 1 is 1.15 bits per heavy atom. The van der Waals surface area contributed by atoms with Crippen LogP contribution in [0.2, 0.25) is 0 Å². The van der Waals surface area contributed by atoms with E-state index in [1.807, 2.05) is 13.8 Å². The summed E-state index contributed by atoms with van der Waals surface area (Å²) in [5, 5.41) is 0. The predicted molar refractivity (Wildman–Crippen MR) is 80.1 cm³/mol. The lowest BCUT2D eigenvalue weighted by atomic mass is 10.1. The molecule has 106 valence electrons. The van der Waals surface area contributed by atoms with Crippen LogP contribution in [0.25, 0.3) is 0 Å². The minimum absolute atomic E-state index is 0.190. The van der Waals surface area contributed by atoms with Crippen LogP contribution in [-0.2, 0) is 10.0 Å². The van der Waals surface area contributed by atoms with E-state index in [4.69, 9.17) is 5.73 Å². The van der Waals surface area contributed by atoms with Gasteiger partial charge in [0.1, 0.15) is 0 Å². The van der Waals surface area contributed by atoms with Crippen molar-refractivity contribution in [3.63, 3.8) is 0 Å². The normalized spacial score (nSPS) is 11.3. The van der Waals surface area contributed by atoms with Gasteiger partial charge < -0.3 is 5.73 Å². The number of hydrogen-bond donors (Lipinski definition) is 2. The number of nitrogens with two attached hydrogens (primary N) is 1. The topological polar surface area (TPSA) is 85.1 Å². The van der Waals surface area contributed by atoms with E-state index in [1.165, 1.54) is 12.3 Å². The number of benzene rings is 1. The van der Waals surface area contributed by atoms with Crippen molar-refractivity contribution in [3.05, 3.63) is 47.3 Å². The molecule has 20 heavy (non-hydrogen) atoms. The molecular formula is C14H17N3O2S. The van der Waals surface area contributed by atoms with E-state index in [-0.39, 0.29) is 4.90 Å². The third-order valence-corrected chi connectivity index (χ3v) is 4.60. The number of hydrogen-bond acceptors (Lipinski definition) is 4. The fourth-order valence-electron chi connectivity index (χ4n) is 1.87. The molecule has 0 radical (unpaired) electrons. The van der Waals surface area contributed by atoms with Gasteiger partial charge >= 0.3 is 0 Å². The molecule has 0 saturated heterocycles. The van der Waals surface area contributed by atoms with E-state index in [1.54, 1.807) is 25.1 Å². The van der Waals surface area contributed by atoms with Gasteiger partial charge in [-0.1, -0.05) is 0 Å². The van der Waals surface area contributed by atoms with Crippen molar-refractivity contribution < 1.29 is 8.42 Å². The van der Waals surface area contributed by atoms with E-state index in [2.05, 4.69) is 9.71 Å². The summed E-state index contributed by atoms with van der Waals surface area (Å²) in [5.41, 5.74) is 8.94. The van der Waals surface area contributed by atoms with Crippen LogP contribution in [0.3, 0.4) is 0 Å². The average molecular weight is 291 g/mol. The quantitative estimate of drug-likeness (QED) is 0.850. The van der Waals surface area contributed by atoms with Crippen LogP contribution in [0.4, 0.5) is 11.4 Å². The van der Waals surface area contributed by atoms with Crippen LogP contribution in [0.15, 0.2) is 35.4 Å². The van der Waals surface area contributed by atoms with E-state index in [0.29, 0.717) is 16.9 Å². The molecule has 0 unspecified atom stereocenters. The Hall–Kier alpha value is -2.08. The summed E-state index contributed by atoms with van der Waals surface area (Å²) >= 11 is 0. The smallest absolute Gasteiger partial charge is 0.262 e. The Balaban J connectivity index is 2.43. The summed E-state index contributed by atoms with van der Waals surface area (Å²) in [6.45, 7) is 5.43. The molecule has 0 atom stereocenters. The molecule has 0 aliphatic rings. The van der Waals surface area contributed by atoms with Crippen LogP contribution in [0.1, 0.15) is 16.8 Å². The van der Waals surface area contributed by atoms with Crippen LogP contribution in [-0.4, -0.2) is 13.4 Å². The number of rotatable bonds is 3. The highest BCUT2D eigenvalue weighted by Gasteiger charge is 2.18. The highest BCUT2D eigenvalue weighted by atomic mass is 32.2. The van der Waals surface area contributed by atoms with Gasteiger partial charge in [0.05, 0.1) is 16.8 Å². The fraction of sp³-hybridized carbons (Fsp3) is 0.214. The molecule has 0 spiro atoms. The van der Waals surface area contributed by atoms with Gasteiger partial charge in [-0.05, 0) is 56.2 Å². The van der Waals surface area contributed by atoms with Crippen LogP contribution in [0.5, 0.6) is 0 Å². The van der Waals surface area contributed by atoms with Gasteiger partial charge in [-0.3, -0.25) is 9.71 Å². The molecule has 0 fully saturated rings. The van der Waals surface area contributed by atoms with Crippen molar-refractivity contribution in [2.24, 2.45) is 0 Å². The van der Waals surface area contributed by atoms with Crippen molar-refractivity contribution >= 4 is 21.4 Å². The first-order chi connectivity index (χ1) is 9.29. The second-order valence-corrected chi connectivity index (χ2v) is 6.41. The van der Waals surface area contributed by atoms with Crippen molar-refractivity contribution in [1.82, 2.24) is 4.98 Å². The number of nitrogen functional groups attached to an aromatic ring is 1. The zero-order valence-corrected chi connectivity index (χ0v) is 12.5. The molecule has 2 aromatic rings. The second-order valence-electron chi connectivity index (χ2n) is 4.75. The standard InChI is InChI=1S/C14H17N3O2S/c1-9-6-12(15)7-14(11(9)3)20(18,19)17-13-5-4-10(2)16-8-13/h4-8,17H,15H2,1-3H3. The lowest BCUT2D eigenvalue weighted by Crippen LogP contribution is -2.15. The number of aryl methyl sites for hydroxylation is 2. The van der Waals surface area contributed by atoms with Crippen molar-refractivity contribution in [3.8, 4) is 0 Å². The highest BCUT2D eigenvalue weighted by Crippen LogP contribution is 2.24. The number of anilines is 2. The molecule has 6 heteroatoms. The molecule has 3 N–H and O–H groups in total. The number of pyridine rings is 1. The minimum atomic E-state index is -3.67. The van der Waals surface area contributed by atoms with Gasteiger partial charge in [0.25, 0.3) is 10.0 Å². The summed E-state index contributed by atoms with van der Waals surface area (Å²) in [5.74, 6) is 0. The lowest BCUT2D eigenvalue weighted by Gasteiger charge is -2.13. The van der Waals surface area contributed by atoms with Crippen LogP contribution in [0, 0.1) is 20.8 Å². The zero-order valence-electron chi connectivity index (χ0n) is 11.6. The van der Waals surface area contributed by atoms with E-state index in [0.717, 1.165) is 11.3 Å². The van der Waals surface area contributed by atoms with Gasteiger partial charge in [0.2, 0.25) is 0 Å². The molecule has 1 aromatic heterocycles. The summed E-state index contributed by atoms with van der Waals surface area (Å²) in [6, 6.07) is 6.64. The highest BCUT2D eigenvalue weighted by molar-refractivity contribution is 7.92. The van der Waals surface area contributed by atoms with Gasteiger partial charge in [-0.25, -0.2) is 8.42 Å². The summed E-state index contributed by atoms with van der Waals surface area (Å²) in [4.78, 5) is 4.25. The van der Waals surface area contributed by atoms with Crippen molar-refractivity contribution in [2.75, 3.05) is 10.5 Å². The number of nitrogens with zero attached hydrogens (tertiary/aromatic N) is 1. The molecular weight excluding hydrogens is 274 g/mol. The zero-order chi connectivity index (χ0) is 14.9. The first kappa shape index (κ1) is 14.3. The van der Waals surface area contributed by atoms with Gasteiger partial charge in [-0.2, -0.15) is 0 Å². The molecule has 0 aliphatic heterocycles. The molecule has 1 aromatic carbocycles. The maximum atomic E-state index is 12.4.